The standard InChI is InChI=1S/C10H15ClN6S/c1-3-6-10(11)9(17(2)15-6)4-7(14-12)8-5-13-18-16-8/h5,7,14H,3-4,12H2,1-2H3. The molecule has 0 aliphatic heterocycles. The smallest absolute Gasteiger partial charge is 0.0929 e. The zero-order chi connectivity index (χ0) is 13.1. The zero-order valence-electron chi connectivity index (χ0n) is 10.2. The summed E-state index contributed by atoms with van der Waals surface area (Å²) in [5.41, 5.74) is 5.41. The second-order valence-electron chi connectivity index (χ2n) is 3.94. The maximum atomic E-state index is 6.31. The van der Waals surface area contributed by atoms with Gasteiger partial charge in [0.2, 0.25) is 0 Å². The molecule has 2 aromatic heterocycles. The molecule has 3 N–H and O–H groups in total. The van der Waals surface area contributed by atoms with Crippen molar-refractivity contribution in [3.63, 3.8) is 0 Å². The molecule has 0 saturated heterocycles. The monoisotopic (exact) mass is 286 g/mol. The lowest BCUT2D eigenvalue weighted by atomic mass is 10.1. The Hall–Kier alpha value is -1.02. The first-order valence-electron chi connectivity index (χ1n) is 5.61. The summed E-state index contributed by atoms with van der Waals surface area (Å²) >= 11 is 7.47. The van der Waals surface area contributed by atoms with Crippen LogP contribution in [0.1, 0.15) is 30.0 Å². The van der Waals surface area contributed by atoms with Crippen LogP contribution in [-0.2, 0) is 19.9 Å². The van der Waals surface area contributed by atoms with Crippen LogP contribution in [0.25, 0.3) is 0 Å². The van der Waals surface area contributed by atoms with Crippen LogP contribution in [-0.4, -0.2) is 18.5 Å². The Morgan fingerprint density at radius 3 is 2.89 bits per heavy atom. The molecule has 0 aliphatic carbocycles. The third kappa shape index (κ3) is 2.54. The fraction of sp³-hybridized carbons (Fsp3) is 0.500. The van der Waals surface area contributed by atoms with Gasteiger partial charge in [-0.05, 0) is 6.42 Å². The Morgan fingerprint density at radius 1 is 1.61 bits per heavy atom. The molecule has 6 nitrogen and oxygen atoms in total. The first-order chi connectivity index (χ1) is 8.67. The van der Waals surface area contributed by atoms with E-state index in [1.165, 1.54) is 0 Å². The molecule has 1 unspecified atom stereocenters. The van der Waals surface area contributed by atoms with Gasteiger partial charge in [0.25, 0.3) is 0 Å². The number of nitrogens with one attached hydrogen (secondary N) is 1. The second kappa shape index (κ2) is 5.75. The van der Waals surface area contributed by atoms with E-state index >= 15 is 0 Å². The van der Waals surface area contributed by atoms with Gasteiger partial charge in [0.05, 0.1) is 46.1 Å². The molecule has 8 heteroatoms. The Labute approximate surface area is 114 Å². The van der Waals surface area contributed by atoms with Crippen molar-refractivity contribution in [2.24, 2.45) is 12.9 Å². The molecule has 1 atom stereocenters. The van der Waals surface area contributed by atoms with E-state index in [1.54, 1.807) is 10.9 Å². The van der Waals surface area contributed by atoms with Crippen LogP contribution in [0.2, 0.25) is 5.02 Å². The van der Waals surface area contributed by atoms with Crippen molar-refractivity contribution in [1.82, 2.24) is 24.0 Å². The highest BCUT2D eigenvalue weighted by Gasteiger charge is 2.20. The lowest BCUT2D eigenvalue weighted by Crippen LogP contribution is -2.30. The van der Waals surface area contributed by atoms with Crippen LogP contribution in [0.3, 0.4) is 0 Å². The highest BCUT2D eigenvalue weighted by Crippen LogP contribution is 2.25. The first-order valence-corrected chi connectivity index (χ1v) is 6.72. The molecule has 0 aliphatic rings. The number of aryl methyl sites for hydroxylation is 2. The summed E-state index contributed by atoms with van der Waals surface area (Å²) in [7, 11) is 1.88. The van der Waals surface area contributed by atoms with Crippen molar-refractivity contribution in [3.8, 4) is 0 Å². The van der Waals surface area contributed by atoms with Crippen molar-refractivity contribution in [3.05, 3.63) is 28.3 Å². The van der Waals surface area contributed by atoms with Gasteiger partial charge >= 0.3 is 0 Å². The quantitative estimate of drug-likeness (QED) is 0.638. The first kappa shape index (κ1) is 13.4. The van der Waals surface area contributed by atoms with E-state index in [0.29, 0.717) is 11.4 Å². The summed E-state index contributed by atoms with van der Waals surface area (Å²) in [5.74, 6) is 5.57. The molecule has 2 aromatic rings. The maximum Gasteiger partial charge on any atom is 0.0929 e. The van der Waals surface area contributed by atoms with Crippen LogP contribution in [0.4, 0.5) is 0 Å². The molecule has 2 heterocycles. The molecule has 0 radical (unpaired) electrons. The number of nitrogens with two attached hydrogens (primary N) is 1. The van der Waals surface area contributed by atoms with Gasteiger partial charge in [-0.25, -0.2) is 0 Å². The van der Waals surface area contributed by atoms with Crippen molar-refractivity contribution >= 4 is 23.3 Å². The molecule has 0 fully saturated rings. The lowest BCUT2D eigenvalue weighted by molar-refractivity contribution is 0.521. The third-order valence-electron chi connectivity index (χ3n) is 2.84. The van der Waals surface area contributed by atoms with Gasteiger partial charge in [0.1, 0.15) is 0 Å². The van der Waals surface area contributed by atoms with Gasteiger partial charge in [-0.2, -0.15) is 13.8 Å². The van der Waals surface area contributed by atoms with Crippen molar-refractivity contribution in [1.29, 1.82) is 0 Å². The summed E-state index contributed by atoms with van der Waals surface area (Å²) in [4.78, 5) is 0. The topological polar surface area (TPSA) is 81.7 Å². The summed E-state index contributed by atoms with van der Waals surface area (Å²) in [6.45, 7) is 2.03. The van der Waals surface area contributed by atoms with E-state index in [9.17, 15) is 0 Å². The van der Waals surface area contributed by atoms with Crippen molar-refractivity contribution in [2.45, 2.75) is 25.8 Å². The van der Waals surface area contributed by atoms with Crippen molar-refractivity contribution < 1.29 is 0 Å². The number of halogens is 1. The summed E-state index contributed by atoms with van der Waals surface area (Å²) in [6, 6.07) is -0.110. The summed E-state index contributed by atoms with van der Waals surface area (Å²) in [6.07, 6.45) is 3.15. The number of hydrogen-bond donors (Lipinski definition) is 2. The average molecular weight is 287 g/mol. The van der Waals surface area contributed by atoms with E-state index in [2.05, 4.69) is 19.3 Å². The molecular formula is C10H15ClN6S. The molecule has 0 bridgehead atoms. The molecule has 0 aromatic carbocycles. The molecule has 0 saturated carbocycles. The predicted molar refractivity (Wildman–Crippen MR) is 71.3 cm³/mol. The molecule has 18 heavy (non-hydrogen) atoms. The Balaban J connectivity index is 2.25. The van der Waals surface area contributed by atoms with Gasteiger partial charge in [0, 0.05) is 13.5 Å². The minimum Gasteiger partial charge on any atom is -0.271 e. The fourth-order valence-corrected chi connectivity index (χ4v) is 2.65. The van der Waals surface area contributed by atoms with Gasteiger partial charge in [-0.3, -0.25) is 16.0 Å². The average Bonchev–Trinajstić information content (AvgIpc) is 2.97. The van der Waals surface area contributed by atoms with Crippen molar-refractivity contribution in [2.75, 3.05) is 0 Å². The van der Waals surface area contributed by atoms with Gasteiger partial charge < -0.3 is 0 Å². The van der Waals surface area contributed by atoms with E-state index in [-0.39, 0.29) is 6.04 Å². The van der Waals surface area contributed by atoms with Gasteiger partial charge in [-0.15, -0.1) is 0 Å². The Kier molecular flexibility index (Phi) is 4.28. The highest BCUT2D eigenvalue weighted by molar-refractivity contribution is 6.99. The van der Waals surface area contributed by atoms with Gasteiger partial charge in [0.15, 0.2) is 0 Å². The third-order valence-corrected chi connectivity index (χ3v) is 3.77. The van der Waals surface area contributed by atoms with Crippen LogP contribution in [0.15, 0.2) is 6.20 Å². The van der Waals surface area contributed by atoms with Gasteiger partial charge in [-0.1, -0.05) is 18.5 Å². The summed E-state index contributed by atoms with van der Waals surface area (Å²) in [5, 5.41) is 5.09. The van der Waals surface area contributed by atoms with Crippen LogP contribution < -0.4 is 11.3 Å². The molecule has 0 amide bonds. The number of hydrazine groups is 1. The highest BCUT2D eigenvalue weighted by atomic mass is 35.5. The molecule has 0 spiro atoms. The van der Waals surface area contributed by atoms with Crippen LogP contribution in [0, 0.1) is 0 Å². The minimum absolute atomic E-state index is 0.110. The van der Waals surface area contributed by atoms with E-state index < -0.39 is 0 Å². The van der Waals surface area contributed by atoms with E-state index in [1.807, 2.05) is 14.0 Å². The van der Waals surface area contributed by atoms with E-state index in [0.717, 1.165) is 35.2 Å². The maximum absolute atomic E-state index is 6.31. The Morgan fingerprint density at radius 2 is 2.39 bits per heavy atom. The minimum atomic E-state index is -0.110. The summed E-state index contributed by atoms with van der Waals surface area (Å²) < 4.78 is 9.96. The largest absolute Gasteiger partial charge is 0.271 e. The number of rotatable bonds is 5. The lowest BCUT2D eigenvalue weighted by Gasteiger charge is -2.13. The number of aromatic nitrogens is 4. The second-order valence-corrected chi connectivity index (χ2v) is 4.87. The molecular weight excluding hydrogens is 272 g/mol. The van der Waals surface area contributed by atoms with Crippen LogP contribution >= 0.6 is 23.3 Å². The molecule has 2 rings (SSSR count). The molecule has 98 valence electrons. The van der Waals surface area contributed by atoms with Crippen LogP contribution in [0.5, 0.6) is 0 Å². The number of hydrogen-bond acceptors (Lipinski definition) is 6. The fourth-order valence-electron chi connectivity index (χ4n) is 1.81. The normalized spacial score (nSPS) is 12.9. The van der Waals surface area contributed by atoms with E-state index in [4.69, 9.17) is 17.4 Å². The predicted octanol–water partition coefficient (Wildman–Crippen LogP) is 1.23. The zero-order valence-corrected chi connectivity index (χ0v) is 11.8. The SMILES string of the molecule is CCc1nn(C)c(CC(NN)c2cnsn2)c1Cl. The Bertz CT molecular complexity index is 509. The number of nitrogens with zero attached hydrogens (tertiary/aromatic N) is 4.